The number of benzene rings is 2. The van der Waals surface area contributed by atoms with Crippen molar-refractivity contribution in [1.29, 1.82) is 0 Å². The number of hydrogen-bond acceptors (Lipinski definition) is 7. The van der Waals surface area contributed by atoms with E-state index in [0.717, 1.165) is 62.9 Å². The summed E-state index contributed by atoms with van der Waals surface area (Å²) in [6.45, 7) is 4.89. The molecule has 3 heterocycles. The Morgan fingerprint density at radius 1 is 0.941 bits per heavy atom. The van der Waals surface area contributed by atoms with Crippen LogP contribution in [0.15, 0.2) is 66.0 Å². The molecule has 0 bridgehead atoms. The number of carbonyl (C=O) groups excluding carboxylic acids is 1. The quantitative estimate of drug-likeness (QED) is 0.400. The molecule has 2 aliphatic heterocycles. The molecule has 0 unspecified atom stereocenters. The summed E-state index contributed by atoms with van der Waals surface area (Å²) in [5.74, 6) is 2.27. The molecule has 3 aromatic rings. The van der Waals surface area contributed by atoms with E-state index in [9.17, 15) is 4.79 Å². The summed E-state index contributed by atoms with van der Waals surface area (Å²) in [5, 5.41) is 0.654. The van der Waals surface area contributed by atoms with Crippen molar-refractivity contribution in [3.8, 4) is 5.75 Å². The molecule has 5 rings (SSSR count). The number of carbonyl (C=O) groups is 1. The normalized spacial score (nSPS) is 15.7. The van der Waals surface area contributed by atoms with E-state index in [2.05, 4.69) is 51.2 Å². The van der Waals surface area contributed by atoms with Crippen LogP contribution in [0.2, 0.25) is 0 Å². The minimum Gasteiger partial charge on any atom is -0.497 e. The molecule has 1 amide bonds. The topological polar surface area (TPSA) is 61.8 Å². The summed E-state index contributed by atoms with van der Waals surface area (Å²) in [6, 6.07) is 18.6. The lowest BCUT2D eigenvalue weighted by molar-refractivity contribution is -0.128. The SMILES string of the molecule is COc1ccc(N2CCN(C(=O)CSc3nccc(N4CCc5ccccc5C4)n3)CC2)cc1. The smallest absolute Gasteiger partial charge is 0.233 e. The summed E-state index contributed by atoms with van der Waals surface area (Å²) in [5.41, 5.74) is 3.93. The van der Waals surface area contributed by atoms with Crippen LogP contribution in [0.25, 0.3) is 0 Å². The van der Waals surface area contributed by atoms with Gasteiger partial charge in [0.25, 0.3) is 0 Å². The Labute approximate surface area is 204 Å². The molecule has 1 aromatic heterocycles. The number of hydrogen-bond donors (Lipinski definition) is 0. The van der Waals surface area contributed by atoms with Crippen molar-refractivity contribution < 1.29 is 9.53 Å². The molecule has 0 radical (unpaired) electrons. The van der Waals surface area contributed by atoms with Gasteiger partial charge in [0.1, 0.15) is 11.6 Å². The minimum absolute atomic E-state index is 0.139. The number of anilines is 2. The minimum atomic E-state index is 0.139. The number of methoxy groups -OCH3 is 1. The fourth-order valence-corrected chi connectivity index (χ4v) is 5.22. The molecule has 2 aliphatic rings. The molecule has 1 saturated heterocycles. The molecule has 176 valence electrons. The number of piperazine rings is 1. The van der Waals surface area contributed by atoms with Crippen molar-refractivity contribution in [3.63, 3.8) is 0 Å². The van der Waals surface area contributed by atoms with Gasteiger partial charge < -0.3 is 19.4 Å². The second kappa shape index (κ2) is 10.3. The monoisotopic (exact) mass is 475 g/mol. The van der Waals surface area contributed by atoms with Crippen molar-refractivity contribution >= 4 is 29.2 Å². The Morgan fingerprint density at radius 2 is 1.71 bits per heavy atom. The zero-order valence-corrected chi connectivity index (χ0v) is 20.2. The van der Waals surface area contributed by atoms with Crippen molar-refractivity contribution in [1.82, 2.24) is 14.9 Å². The molecular weight excluding hydrogens is 446 g/mol. The van der Waals surface area contributed by atoms with Crippen molar-refractivity contribution in [2.75, 3.05) is 55.4 Å². The van der Waals surface area contributed by atoms with Crippen LogP contribution in [0.1, 0.15) is 11.1 Å². The zero-order chi connectivity index (χ0) is 23.3. The molecule has 7 nitrogen and oxygen atoms in total. The first-order valence-corrected chi connectivity index (χ1v) is 12.6. The average Bonchev–Trinajstić information content (AvgIpc) is 2.92. The van der Waals surface area contributed by atoms with Crippen molar-refractivity contribution in [2.24, 2.45) is 0 Å². The summed E-state index contributed by atoms with van der Waals surface area (Å²) < 4.78 is 5.24. The first kappa shape index (κ1) is 22.5. The third-order valence-corrected chi connectivity index (χ3v) is 7.31. The molecule has 0 saturated carbocycles. The molecule has 0 spiro atoms. The lowest BCUT2D eigenvalue weighted by Gasteiger charge is -2.36. The highest BCUT2D eigenvalue weighted by atomic mass is 32.2. The van der Waals surface area contributed by atoms with Crippen LogP contribution in [-0.2, 0) is 17.8 Å². The van der Waals surface area contributed by atoms with Gasteiger partial charge in [-0.3, -0.25) is 4.79 Å². The fraction of sp³-hybridized carbons (Fsp3) is 0.346. The summed E-state index contributed by atoms with van der Waals surface area (Å²) >= 11 is 1.42. The van der Waals surface area contributed by atoms with Gasteiger partial charge in [-0.2, -0.15) is 0 Å². The van der Waals surface area contributed by atoms with Crippen molar-refractivity contribution in [3.05, 3.63) is 71.9 Å². The highest BCUT2D eigenvalue weighted by Gasteiger charge is 2.22. The lowest BCUT2D eigenvalue weighted by atomic mass is 10.00. The van der Waals surface area contributed by atoms with Gasteiger partial charge >= 0.3 is 0 Å². The maximum absolute atomic E-state index is 12.8. The van der Waals surface area contributed by atoms with Crippen LogP contribution in [0.5, 0.6) is 5.75 Å². The number of amides is 1. The number of aromatic nitrogens is 2. The summed E-state index contributed by atoms with van der Waals surface area (Å²) in [6.07, 6.45) is 2.81. The first-order chi connectivity index (χ1) is 16.7. The maximum Gasteiger partial charge on any atom is 0.233 e. The molecule has 8 heteroatoms. The van der Waals surface area contributed by atoms with Crippen LogP contribution in [0.4, 0.5) is 11.5 Å². The van der Waals surface area contributed by atoms with Gasteiger partial charge in [-0.15, -0.1) is 0 Å². The molecule has 0 aliphatic carbocycles. The Balaban J connectivity index is 1.13. The average molecular weight is 476 g/mol. The number of ether oxygens (including phenoxy) is 1. The van der Waals surface area contributed by atoms with Gasteiger partial charge in [0.05, 0.1) is 12.9 Å². The summed E-state index contributed by atoms with van der Waals surface area (Å²) in [7, 11) is 1.67. The molecule has 1 fully saturated rings. The number of thioether (sulfide) groups is 1. The summed E-state index contributed by atoms with van der Waals surface area (Å²) in [4.78, 5) is 28.5. The Kier molecular flexibility index (Phi) is 6.85. The molecule has 0 N–H and O–H groups in total. The van der Waals surface area contributed by atoms with E-state index in [4.69, 9.17) is 9.72 Å². The molecule has 2 aromatic carbocycles. The molecule has 34 heavy (non-hydrogen) atoms. The van der Waals surface area contributed by atoms with E-state index < -0.39 is 0 Å². The number of rotatable bonds is 6. The van der Waals surface area contributed by atoms with E-state index in [1.807, 2.05) is 23.1 Å². The van der Waals surface area contributed by atoms with Gasteiger partial charge in [-0.05, 0) is 47.9 Å². The van der Waals surface area contributed by atoms with E-state index in [0.29, 0.717) is 10.9 Å². The third-order valence-electron chi connectivity index (χ3n) is 6.47. The van der Waals surface area contributed by atoms with E-state index >= 15 is 0 Å². The highest BCUT2D eigenvalue weighted by molar-refractivity contribution is 7.99. The Morgan fingerprint density at radius 3 is 2.47 bits per heavy atom. The second-order valence-corrected chi connectivity index (χ2v) is 9.43. The standard InChI is InChI=1S/C26H29N5O2S/c1-33-23-8-6-22(7-9-23)29-14-16-30(17-15-29)25(32)19-34-26-27-12-10-24(28-26)31-13-11-20-4-2-3-5-21(20)18-31/h2-10,12H,11,13-19H2,1H3. The lowest BCUT2D eigenvalue weighted by Crippen LogP contribution is -2.49. The first-order valence-electron chi connectivity index (χ1n) is 11.6. The van der Waals surface area contributed by atoms with Crippen LogP contribution in [0.3, 0.4) is 0 Å². The third kappa shape index (κ3) is 5.12. The van der Waals surface area contributed by atoms with Crippen LogP contribution >= 0.6 is 11.8 Å². The van der Waals surface area contributed by atoms with Gasteiger partial charge in [-0.25, -0.2) is 9.97 Å². The highest BCUT2D eigenvalue weighted by Crippen LogP contribution is 2.25. The Hall–Kier alpha value is -3.26. The number of fused-ring (bicyclic) bond motifs is 1. The Bertz CT molecular complexity index is 1130. The predicted molar refractivity (Wildman–Crippen MR) is 136 cm³/mol. The molecular formula is C26H29N5O2S. The van der Waals surface area contributed by atoms with E-state index in [1.54, 1.807) is 13.3 Å². The van der Waals surface area contributed by atoms with Gasteiger partial charge in [-0.1, -0.05) is 36.0 Å². The largest absolute Gasteiger partial charge is 0.497 e. The maximum atomic E-state index is 12.8. The fourth-order valence-electron chi connectivity index (χ4n) is 4.49. The van der Waals surface area contributed by atoms with Crippen LogP contribution in [-0.4, -0.2) is 66.4 Å². The van der Waals surface area contributed by atoms with Gasteiger partial charge in [0, 0.05) is 51.2 Å². The van der Waals surface area contributed by atoms with Crippen LogP contribution < -0.4 is 14.5 Å². The zero-order valence-electron chi connectivity index (χ0n) is 19.4. The van der Waals surface area contributed by atoms with Gasteiger partial charge in [0.2, 0.25) is 5.91 Å². The second-order valence-electron chi connectivity index (χ2n) is 8.49. The van der Waals surface area contributed by atoms with Crippen molar-refractivity contribution in [2.45, 2.75) is 18.1 Å². The van der Waals surface area contributed by atoms with E-state index in [-0.39, 0.29) is 5.91 Å². The van der Waals surface area contributed by atoms with E-state index in [1.165, 1.54) is 22.9 Å². The van der Waals surface area contributed by atoms with Gasteiger partial charge in [0.15, 0.2) is 5.16 Å². The predicted octanol–water partition coefficient (Wildman–Crippen LogP) is 3.49. The molecule has 0 atom stereocenters. The van der Waals surface area contributed by atoms with Crippen LogP contribution in [0, 0.1) is 0 Å². The number of nitrogens with zero attached hydrogens (tertiary/aromatic N) is 5.